The molecular weight excluding hydrogens is 330 g/mol. The van der Waals surface area contributed by atoms with Gasteiger partial charge in [0.1, 0.15) is 11.0 Å². The molecule has 8 nitrogen and oxygen atoms in total. The summed E-state index contributed by atoms with van der Waals surface area (Å²) < 4.78 is 26.5. The van der Waals surface area contributed by atoms with Gasteiger partial charge in [-0.15, -0.1) is 5.10 Å². The van der Waals surface area contributed by atoms with Crippen molar-refractivity contribution >= 4 is 15.7 Å². The Morgan fingerprint density at radius 3 is 2.62 bits per heavy atom. The maximum Gasteiger partial charge on any atom is 0.238 e. The third-order valence-corrected chi connectivity index (χ3v) is 6.59. The maximum absolute atomic E-state index is 12.5. The molecule has 1 heterocycles. The van der Waals surface area contributed by atoms with Gasteiger partial charge >= 0.3 is 0 Å². The Kier molecular flexibility index (Phi) is 6.31. The second kappa shape index (κ2) is 8.04. The Hall–Kier alpha value is -1.51. The second-order valence-electron chi connectivity index (χ2n) is 6.73. The first kappa shape index (κ1) is 18.8. The highest BCUT2D eigenvalue weighted by atomic mass is 32.2. The minimum absolute atomic E-state index is 0.0803. The van der Waals surface area contributed by atoms with Crippen LogP contribution in [0.2, 0.25) is 0 Å². The van der Waals surface area contributed by atoms with Crippen LogP contribution in [0.5, 0.6) is 0 Å². The van der Waals surface area contributed by atoms with E-state index in [9.17, 15) is 13.2 Å². The molecule has 1 aromatic heterocycles. The summed E-state index contributed by atoms with van der Waals surface area (Å²) in [6, 6.07) is 0.0803. The summed E-state index contributed by atoms with van der Waals surface area (Å²) in [6.45, 7) is 6.15. The number of aromatic nitrogens is 4. The Morgan fingerprint density at radius 2 is 2.00 bits per heavy atom. The van der Waals surface area contributed by atoms with Gasteiger partial charge in [0.25, 0.3) is 0 Å². The molecule has 1 aliphatic rings. The van der Waals surface area contributed by atoms with Crippen LogP contribution in [0.4, 0.5) is 0 Å². The number of amides is 1. The van der Waals surface area contributed by atoms with Crippen LogP contribution in [0.3, 0.4) is 0 Å². The molecule has 1 aromatic rings. The van der Waals surface area contributed by atoms with Crippen molar-refractivity contribution in [2.45, 2.75) is 76.5 Å². The van der Waals surface area contributed by atoms with E-state index in [1.54, 1.807) is 0 Å². The Labute approximate surface area is 143 Å². The fraction of sp³-hybridized carbons (Fsp3) is 0.867. The van der Waals surface area contributed by atoms with Crippen LogP contribution in [0, 0.1) is 5.92 Å². The molecule has 9 heteroatoms. The summed E-state index contributed by atoms with van der Waals surface area (Å²) in [5.41, 5.74) is 0. The zero-order valence-corrected chi connectivity index (χ0v) is 15.4. The first-order valence-electron chi connectivity index (χ1n) is 8.60. The summed E-state index contributed by atoms with van der Waals surface area (Å²) in [4.78, 5) is 12.3. The highest BCUT2D eigenvalue weighted by Gasteiger charge is 2.32. The summed E-state index contributed by atoms with van der Waals surface area (Å²) in [6.07, 6.45) is 4.76. The average Bonchev–Trinajstić information content (AvgIpc) is 2.95. The zero-order chi connectivity index (χ0) is 17.7. The van der Waals surface area contributed by atoms with Crippen LogP contribution in [-0.2, 0) is 26.9 Å². The van der Waals surface area contributed by atoms with Crippen LogP contribution in [-0.4, -0.2) is 45.8 Å². The van der Waals surface area contributed by atoms with Gasteiger partial charge in [-0.1, -0.05) is 13.8 Å². The lowest BCUT2D eigenvalue weighted by molar-refractivity contribution is -0.121. The Bertz CT molecular complexity index is 650. The molecule has 136 valence electrons. The summed E-state index contributed by atoms with van der Waals surface area (Å²) >= 11 is 0. The average molecular weight is 357 g/mol. The fourth-order valence-corrected chi connectivity index (χ4v) is 4.11. The lowest BCUT2D eigenvalue weighted by Crippen LogP contribution is -2.45. The van der Waals surface area contributed by atoms with Crippen molar-refractivity contribution in [3.63, 3.8) is 0 Å². The van der Waals surface area contributed by atoms with E-state index in [4.69, 9.17) is 0 Å². The van der Waals surface area contributed by atoms with E-state index in [2.05, 4.69) is 27.8 Å². The quantitative estimate of drug-likeness (QED) is 0.782. The van der Waals surface area contributed by atoms with Gasteiger partial charge in [0.15, 0.2) is 15.7 Å². The minimum atomic E-state index is -3.66. The molecule has 1 atom stereocenters. The molecular formula is C15H27N5O3S. The SMILES string of the molecule is CCCn1nnnc1CS(=O)(=O)C(C)C(=O)NC1CCC(C)CC1. The van der Waals surface area contributed by atoms with Crippen molar-refractivity contribution in [2.75, 3.05) is 0 Å². The number of aryl methyl sites for hydroxylation is 1. The van der Waals surface area contributed by atoms with E-state index >= 15 is 0 Å². The highest BCUT2D eigenvalue weighted by molar-refractivity contribution is 7.92. The molecule has 0 radical (unpaired) electrons. The number of tetrazole rings is 1. The zero-order valence-electron chi connectivity index (χ0n) is 14.6. The van der Waals surface area contributed by atoms with Gasteiger partial charge in [0.2, 0.25) is 5.91 Å². The van der Waals surface area contributed by atoms with Crippen molar-refractivity contribution in [2.24, 2.45) is 5.92 Å². The number of rotatable bonds is 7. The maximum atomic E-state index is 12.5. The smallest absolute Gasteiger partial charge is 0.238 e. The summed E-state index contributed by atoms with van der Waals surface area (Å²) in [7, 11) is -3.66. The molecule has 1 fully saturated rings. The molecule has 0 aliphatic heterocycles. The molecule has 0 spiro atoms. The summed E-state index contributed by atoms with van der Waals surface area (Å²) in [5, 5.41) is 12.9. The molecule has 24 heavy (non-hydrogen) atoms. The lowest BCUT2D eigenvalue weighted by atomic mass is 9.87. The molecule has 2 rings (SSSR count). The van der Waals surface area contributed by atoms with Crippen LogP contribution < -0.4 is 5.32 Å². The fourth-order valence-electron chi connectivity index (χ4n) is 2.90. The first-order valence-corrected chi connectivity index (χ1v) is 10.3. The number of sulfone groups is 1. The first-order chi connectivity index (χ1) is 11.3. The molecule has 0 saturated heterocycles. The lowest BCUT2D eigenvalue weighted by Gasteiger charge is -2.27. The van der Waals surface area contributed by atoms with Crippen molar-refractivity contribution in [1.82, 2.24) is 25.5 Å². The van der Waals surface area contributed by atoms with Gasteiger partial charge in [-0.05, 0) is 55.4 Å². The van der Waals surface area contributed by atoms with E-state index in [0.29, 0.717) is 12.5 Å². The van der Waals surface area contributed by atoms with Crippen molar-refractivity contribution in [1.29, 1.82) is 0 Å². The number of nitrogens with one attached hydrogen (secondary N) is 1. The topological polar surface area (TPSA) is 107 Å². The van der Waals surface area contributed by atoms with E-state index in [-0.39, 0.29) is 17.6 Å². The van der Waals surface area contributed by atoms with Crippen molar-refractivity contribution in [3.05, 3.63) is 5.82 Å². The van der Waals surface area contributed by atoms with E-state index in [1.165, 1.54) is 11.6 Å². The second-order valence-corrected chi connectivity index (χ2v) is 9.05. The van der Waals surface area contributed by atoms with Gasteiger partial charge in [-0.25, -0.2) is 13.1 Å². The van der Waals surface area contributed by atoms with E-state index in [0.717, 1.165) is 32.1 Å². The number of carbonyl (C=O) groups excluding carboxylic acids is 1. The predicted molar refractivity (Wildman–Crippen MR) is 89.8 cm³/mol. The Balaban J connectivity index is 1.97. The van der Waals surface area contributed by atoms with Crippen molar-refractivity contribution in [3.8, 4) is 0 Å². The standard InChI is InChI=1S/C15H27N5O3S/c1-4-9-20-14(17-18-19-20)10-24(22,23)12(3)15(21)16-13-7-5-11(2)6-8-13/h11-13H,4-10H2,1-3H3,(H,16,21). The van der Waals surface area contributed by atoms with Crippen LogP contribution in [0.1, 0.15) is 58.7 Å². The van der Waals surface area contributed by atoms with Crippen LogP contribution in [0.15, 0.2) is 0 Å². The molecule has 1 amide bonds. The normalized spacial score (nSPS) is 23.0. The number of hydrogen-bond acceptors (Lipinski definition) is 6. The van der Waals surface area contributed by atoms with Crippen LogP contribution >= 0.6 is 0 Å². The molecule has 1 saturated carbocycles. The molecule has 1 N–H and O–H groups in total. The highest BCUT2D eigenvalue weighted by Crippen LogP contribution is 2.23. The molecule has 0 aromatic carbocycles. The van der Waals surface area contributed by atoms with Crippen LogP contribution in [0.25, 0.3) is 0 Å². The van der Waals surface area contributed by atoms with Gasteiger partial charge in [0, 0.05) is 12.6 Å². The monoisotopic (exact) mass is 357 g/mol. The molecule has 1 aliphatic carbocycles. The van der Waals surface area contributed by atoms with Gasteiger partial charge < -0.3 is 5.32 Å². The third kappa shape index (κ3) is 4.75. The van der Waals surface area contributed by atoms with Gasteiger partial charge in [0.05, 0.1) is 0 Å². The number of carbonyl (C=O) groups is 1. The van der Waals surface area contributed by atoms with E-state index in [1.807, 2.05) is 6.92 Å². The minimum Gasteiger partial charge on any atom is -0.352 e. The number of nitrogens with zero attached hydrogens (tertiary/aromatic N) is 4. The number of hydrogen-bond donors (Lipinski definition) is 1. The summed E-state index contributed by atoms with van der Waals surface area (Å²) in [5.74, 6) is 0.208. The van der Waals surface area contributed by atoms with E-state index < -0.39 is 21.0 Å². The molecule has 1 unspecified atom stereocenters. The third-order valence-electron chi connectivity index (χ3n) is 4.64. The predicted octanol–water partition coefficient (Wildman–Crippen LogP) is 1.08. The Morgan fingerprint density at radius 1 is 1.33 bits per heavy atom. The van der Waals surface area contributed by atoms with Gasteiger partial charge in [-0.2, -0.15) is 0 Å². The molecule has 0 bridgehead atoms. The van der Waals surface area contributed by atoms with Crippen molar-refractivity contribution < 1.29 is 13.2 Å². The largest absolute Gasteiger partial charge is 0.352 e. The van der Waals surface area contributed by atoms with Gasteiger partial charge in [-0.3, -0.25) is 4.79 Å².